The van der Waals surface area contributed by atoms with E-state index in [0.29, 0.717) is 43.0 Å². The minimum atomic E-state index is -3.09. The summed E-state index contributed by atoms with van der Waals surface area (Å²) in [5.74, 6) is 0.727. The number of nitrogens with one attached hydrogen (secondary N) is 1. The average Bonchev–Trinajstić information content (AvgIpc) is 2.97. The molecule has 1 aliphatic rings. The lowest BCUT2D eigenvalue weighted by atomic mass is 10.2. The maximum absolute atomic E-state index is 13.1. The Balaban J connectivity index is 2.18. The normalized spacial score (nSPS) is 18.6. The van der Waals surface area contributed by atoms with Gasteiger partial charge < -0.3 is 15.0 Å². The number of anilines is 1. The number of rotatable bonds is 8. The molecule has 0 aromatic heterocycles. The van der Waals surface area contributed by atoms with Gasteiger partial charge in [0.1, 0.15) is 5.75 Å². The Morgan fingerprint density at radius 2 is 1.82 bits per heavy atom. The van der Waals surface area contributed by atoms with Crippen LogP contribution in [-0.4, -0.2) is 74.1 Å². The van der Waals surface area contributed by atoms with Crippen molar-refractivity contribution in [3.05, 3.63) is 24.3 Å². The topological polar surface area (TPSA) is 79.0 Å². The van der Waals surface area contributed by atoms with Crippen molar-refractivity contribution >= 4 is 21.6 Å². The largest absolute Gasteiger partial charge is 0.495 e. The Bertz CT molecular complexity index is 756. The molecule has 1 aromatic carbocycles. The van der Waals surface area contributed by atoms with Crippen LogP contribution in [0.1, 0.15) is 34.1 Å². The van der Waals surface area contributed by atoms with Gasteiger partial charge >= 0.3 is 6.03 Å². The number of sulfone groups is 1. The molecule has 1 N–H and O–H groups in total. The number of amides is 2. The summed E-state index contributed by atoms with van der Waals surface area (Å²) in [6.07, 6.45) is 0.477. The molecule has 7 nitrogen and oxygen atoms in total. The highest BCUT2D eigenvalue weighted by atomic mass is 32.2. The number of benzene rings is 1. The van der Waals surface area contributed by atoms with Gasteiger partial charge in [-0.3, -0.25) is 4.90 Å². The number of nitrogens with zero attached hydrogens (tertiary/aromatic N) is 2. The maximum atomic E-state index is 13.1. The average molecular weight is 412 g/mol. The van der Waals surface area contributed by atoms with Crippen molar-refractivity contribution in [2.24, 2.45) is 0 Å². The Labute approximate surface area is 169 Å². The zero-order chi connectivity index (χ0) is 20.9. The van der Waals surface area contributed by atoms with E-state index < -0.39 is 9.84 Å². The summed E-state index contributed by atoms with van der Waals surface area (Å²) < 4.78 is 29.3. The van der Waals surface area contributed by atoms with Gasteiger partial charge in [0.15, 0.2) is 9.84 Å². The summed E-state index contributed by atoms with van der Waals surface area (Å²) in [5.41, 5.74) is 0.574. The molecule has 0 aliphatic carbocycles. The van der Waals surface area contributed by atoms with Crippen LogP contribution in [0.5, 0.6) is 5.75 Å². The second-order valence-electron chi connectivity index (χ2n) is 7.81. The molecule has 1 atom stereocenters. The van der Waals surface area contributed by atoms with E-state index in [1.807, 2.05) is 12.1 Å². The van der Waals surface area contributed by atoms with Gasteiger partial charge in [-0.15, -0.1) is 0 Å². The molecule has 2 amide bonds. The molecule has 0 bridgehead atoms. The van der Waals surface area contributed by atoms with Crippen molar-refractivity contribution in [3.8, 4) is 5.75 Å². The SMILES string of the molecule is COc1ccccc1NC(=O)N(CCN(C(C)C)C(C)C)C1CCS(=O)(=O)C1. The molecule has 28 heavy (non-hydrogen) atoms. The van der Waals surface area contributed by atoms with E-state index in [1.54, 1.807) is 24.1 Å². The Kier molecular flexibility index (Phi) is 7.71. The van der Waals surface area contributed by atoms with Crippen LogP contribution in [0.4, 0.5) is 10.5 Å². The first-order valence-corrected chi connectivity index (χ1v) is 11.6. The van der Waals surface area contributed by atoms with E-state index in [2.05, 4.69) is 37.9 Å². The lowest BCUT2D eigenvalue weighted by molar-refractivity contribution is 0.138. The third kappa shape index (κ3) is 5.85. The van der Waals surface area contributed by atoms with Crippen LogP contribution in [0.15, 0.2) is 24.3 Å². The molecule has 1 aromatic rings. The zero-order valence-electron chi connectivity index (χ0n) is 17.5. The molecular formula is C20H33N3O4S. The van der Waals surface area contributed by atoms with Gasteiger partial charge in [0.25, 0.3) is 0 Å². The van der Waals surface area contributed by atoms with E-state index in [0.717, 1.165) is 0 Å². The van der Waals surface area contributed by atoms with Crippen LogP contribution in [0, 0.1) is 0 Å². The minimum Gasteiger partial charge on any atom is -0.495 e. The fourth-order valence-electron chi connectivity index (χ4n) is 3.74. The van der Waals surface area contributed by atoms with Gasteiger partial charge in [-0.25, -0.2) is 13.2 Å². The number of methoxy groups -OCH3 is 1. The Morgan fingerprint density at radius 3 is 2.36 bits per heavy atom. The van der Waals surface area contributed by atoms with Gasteiger partial charge in [0.05, 0.1) is 24.3 Å². The van der Waals surface area contributed by atoms with E-state index in [9.17, 15) is 13.2 Å². The van der Waals surface area contributed by atoms with Crippen molar-refractivity contribution < 1.29 is 17.9 Å². The molecule has 158 valence electrons. The van der Waals surface area contributed by atoms with Crippen molar-refractivity contribution in [3.63, 3.8) is 0 Å². The van der Waals surface area contributed by atoms with Crippen LogP contribution >= 0.6 is 0 Å². The van der Waals surface area contributed by atoms with E-state index >= 15 is 0 Å². The van der Waals surface area contributed by atoms with Crippen LogP contribution in [0.25, 0.3) is 0 Å². The Hall–Kier alpha value is -1.80. The van der Waals surface area contributed by atoms with E-state index in [1.165, 1.54) is 0 Å². The lowest BCUT2D eigenvalue weighted by Crippen LogP contribution is -2.49. The van der Waals surface area contributed by atoms with Crippen LogP contribution < -0.4 is 10.1 Å². The third-order valence-electron chi connectivity index (χ3n) is 5.18. The summed E-state index contributed by atoms with van der Waals surface area (Å²) in [6, 6.07) is 7.28. The van der Waals surface area contributed by atoms with Crippen molar-refractivity contribution in [1.29, 1.82) is 0 Å². The lowest BCUT2D eigenvalue weighted by Gasteiger charge is -2.35. The van der Waals surface area contributed by atoms with Crippen LogP contribution in [0.2, 0.25) is 0 Å². The molecule has 2 rings (SSSR count). The van der Waals surface area contributed by atoms with Crippen LogP contribution in [-0.2, 0) is 9.84 Å². The first-order valence-electron chi connectivity index (χ1n) is 9.81. The van der Waals surface area contributed by atoms with E-state index in [-0.39, 0.29) is 23.6 Å². The van der Waals surface area contributed by atoms with E-state index in [4.69, 9.17) is 4.74 Å². The molecule has 1 unspecified atom stereocenters. The molecule has 1 heterocycles. The number of hydrogen-bond donors (Lipinski definition) is 1. The van der Waals surface area contributed by atoms with Crippen LogP contribution in [0.3, 0.4) is 0 Å². The second-order valence-corrected chi connectivity index (χ2v) is 10.0. The smallest absolute Gasteiger partial charge is 0.322 e. The molecular weight excluding hydrogens is 378 g/mol. The molecule has 1 aliphatic heterocycles. The quantitative estimate of drug-likeness (QED) is 0.712. The standard InChI is InChI=1S/C20H33N3O4S/c1-15(2)22(16(3)4)11-12-23(17-10-13-28(25,26)14-17)20(24)21-18-8-6-7-9-19(18)27-5/h6-9,15-17H,10-14H2,1-5H3,(H,21,24). The Morgan fingerprint density at radius 1 is 1.18 bits per heavy atom. The molecule has 0 radical (unpaired) electrons. The third-order valence-corrected chi connectivity index (χ3v) is 6.93. The molecule has 1 saturated heterocycles. The maximum Gasteiger partial charge on any atom is 0.322 e. The number of carbonyl (C=O) groups is 1. The van der Waals surface area contributed by atoms with Gasteiger partial charge in [0, 0.05) is 31.2 Å². The number of para-hydroxylation sites is 2. The monoisotopic (exact) mass is 411 g/mol. The summed E-state index contributed by atoms with van der Waals surface area (Å²) in [5, 5.41) is 2.90. The van der Waals surface area contributed by atoms with Crippen molar-refractivity contribution in [2.45, 2.75) is 52.2 Å². The van der Waals surface area contributed by atoms with Gasteiger partial charge in [-0.2, -0.15) is 0 Å². The first-order chi connectivity index (χ1) is 13.1. The fraction of sp³-hybridized carbons (Fsp3) is 0.650. The van der Waals surface area contributed by atoms with Gasteiger partial charge in [-0.1, -0.05) is 12.1 Å². The summed E-state index contributed by atoms with van der Waals surface area (Å²) in [6.45, 7) is 9.65. The summed E-state index contributed by atoms with van der Waals surface area (Å²) in [7, 11) is -1.54. The number of urea groups is 1. The highest BCUT2D eigenvalue weighted by molar-refractivity contribution is 7.91. The van der Waals surface area contributed by atoms with Crippen molar-refractivity contribution in [1.82, 2.24) is 9.80 Å². The highest BCUT2D eigenvalue weighted by Gasteiger charge is 2.35. The molecule has 1 fully saturated rings. The van der Waals surface area contributed by atoms with Crippen molar-refractivity contribution in [2.75, 3.05) is 37.0 Å². The predicted octanol–water partition coefficient (Wildman–Crippen LogP) is 2.84. The zero-order valence-corrected chi connectivity index (χ0v) is 18.3. The van der Waals surface area contributed by atoms with Gasteiger partial charge in [-0.05, 0) is 46.2 Å². The number of ether oxygens (including phenoxy) is 1. The number of carbonyl (C=O) groups excluding carboxylic acids is 1. The predicted molar refractivity (Wildman–Crippen MR) is 113 cm³/mol. The minimum absolute atomic E-state index is 0.0235. The molecule has 0 saturated carbocycles. The summed E-state index contributed by atoms with van der Waals surface area (Å²) >= 11 is 0. The fourth-order valence-corrected chi connectivity index (χ4v) is 5.47. The summed E-state index contributed by atoms with van der Waals surface area (Å²) in [4.78, 5) is 17.1. The molecule has 8 heteroatoms. The van der Waals surface area contributed by atoms with Gasteiger partial charge in [0.2, 0.25) is 0 Å². The first kappa shape index (κ1) is 22.5. The second kappa shape index (κ2) is 9.60. The highest BCUT2D eigenvalue weighted by Crippen LogP contribution is 2.25. The molecule has 0 spiro atoms. The number of hydrogen-bond acceptors (Lipinski definition) is 5.